The standard InChI is InChI=1S/C11H18N6S/c1-3-18-5-4-7(2)15-10-8-9(14-6-13-8)16-11(12)17-10/h6-7H,3-5H2,1-2H3,(H4,12,13,14,15,16,17). The minimum atomic E-state index is 0.243. The van der Waals surface area contributed by atoms with Crippen LogP contribution in [0.15, 0.2) is 6.33 Å². The van der Waals surface area contributed by atoms with Crippen LogP contribution in [0, 0.1) is 0 Å². The molecule has 4 N–H and O–H groups in total. The van der Waals surface area contributed by atoms with Crippen LogP contribution in [0.5, 0.6) is 0 Å². The van der Waals surface area contributed by atoms with E-state index in [1.807, 2.05) is 11.8 Å². The Bertz CT molecular complexity index is 511. The lowest BCUT2D eigenvalue weighted by atomic mass is 10.2. The fourth-order valence-electron chi connectivity index (χ4n) is 1.66. The molecule has 6 nitrogen and oxygen atoms in total. The molecule has 0 saturated carbocycles. The van der Waals surface area contributed by atoms with Crippen molar-refractivity contribution in [2.75, 3.05) is 22.6 Å². The number of anilines is 2. The molecule has 2 aromatic rings. The van der Waals surface area contributed by atoms with E-state index in [1.54, 1.807) is 6.33 Å². The van der Waals surface area contributed by atoms with Crippen molar-refractivity contribution < 1.29 is 0 Å². The summed E-state index contributed by atoms with van der Waals surface area (Å²) in [6.45, 7) is 4.30. The van der Waals surface area contributed by atoms with E-state index in [4.69, 9.17) is 5.73 Å². The van der Waals surface area contributed by atoms with Crippen molar-refractivity contribution in [3.8, 4) is 0 Å². The fraction of sp³-hybridized carbons (Fsp3) is 0.545. The van der Waals surface area contributed by atoms with Gasteiger partial charge in [0.1, 0.15) is 5.52 Å². The maximum atomic E-state index is 5.66. The molecule has 0 radical (unpaired) electrons. The summed E-state index contributed by atoms with van der Waals surface area (Å²) in [5.41, 5.74) is 7.06. The van der Waals surface area contributed by atoms with Crippen molar-refractivity contribution in [3.63, 3.8) is 0 Å². The number of hydrogen-bond acceptors (Lipinski definition) is 6. The van der Waals surface area contributed by atoms with Crippen LogP contribution in [0.25, 0.3) is 11.2 Å². The average Bonchev–Trinajstić information content (AvgIpc) is 2.77. The van der Waals surface area contributed by atoms with Gasteiger partial charge in [0.2, 0.25) is 5.95 Å². The van der Waals surface area contributed by atoms with Crippen molar-refractivity contribution in [1.82, 2.24) is 19.9 Å². The predicted molar refractivity (Wildman–Crippen MR) is 76.8 cm³/mol. The van der Waals surface area contributed by atoms with Gasteiger partial charge in [-0.2, -0.15) is 21.7 Å². The van der Waals surface area contributed by atoms with Crippen LogP contribution in [0.2, 0.25) is 0 Å². The van der Waals surface area contributed by atoms with Gasteiger partial charge in [-0.1, -0.05) is 6.92 Å². The SMILES string of the molecule is CCSCCC(C)Nc1nc(N)nc2nc[nH]c12. The Kier molecular flexibility index (Phi) is 4.24. The Morgan fingerprint density at radius 2 is 2.33 bits per heavy atom. The van der Waals surface area contributed by atoms with Gasteiger partial charge in [-0.05, 0) is 24.9 Å². The number of hydrogen-bond donors (Lipinski definition) is 3. The summed E-state index contributed by atoms with van der Waals surface area (Å²) in [5, 5.41) is 3.36. The molecule has 0 aromatic carbocycles. The van der Waals surface area contributed by atoms with E-state index in [9.17, 15) is 0 Å². The number of fused-ring (bicyclic) bond motifs is 1. The number of nitrogens with one attached hydrogen (secondary N) is 2. The Balaban J connectivity index is 2.08. The summed E-state index contributed by atoms with van der Waals surface area (Å²) in [6.07, 6.45) is 2.68. The topological polar surface area (TPSA) is 92.5 Å². The fourth-order valence-corrected chi connectivity index (χ4v) is 2.47. The van der Waals surface area contributed by atoms with Crippen LogP contribution >= 0.6 is 11.8 Å². The van der Waals surface area contributed by atoms with E-state index in [-0.39, 0.29) is 5.95 Å². The number of aromatic nitrogens is 4. The summed E-state index contributed by atoms with van der Waals surface area (Å²) in [6, 6.07) is 0.338. The minimum absolute atomic E-state index is 0.243. The van der Waals surface area contributed by atoms with Crippen LogP contribution in [0.3, 0.4) is 0 Å². The molecular formula is C11H18N6S. The number of nitrogens with zero attached hydrogens (tertiary/aromatic N) is 3. The minimum Gasteiger partial charge on any atom is -0.368 e. The average molecular weight is 266 g/mol. The molecule has 98 valence electrons. The van der Waals surface area contributed by atoms with Gasteiger partial charge in [0, 0.05) is 6.04 Å². The zero-order chi connectivity index (χ0) is 13.0. The number of nitrogens with two attached hydrogens (primary N) is 1. The molecule has 1 unspecified atom stereocenters. The van der Waals surface area contributed by atoms with Crippen molar-refractivity contribution in [2.24, 2.45) is 0 Å². The van der Waals surface area contributed by atoms with Gasteiger partial charge in [0.25, 0.3) is 0 Å². The van der Waals surface area contributed by atoms with Crippen LogP contribution < -0.4 is 11.1 Å². The Morgan fingerprint density at radius 3 is 3.11 bits per heavy atom. The Hall–Kier alpha value is -1.50. The largest absolute Gasteiger partial charge is 0.368 e. The van der Waals surface area contributed by atoms with Crippen LogP contribution in [0.1, 0.15) is 20.3 Å². The highest BCUT2D eigenvalue weighted by Crippen LogP contribution is 2.19. The summed E-state index contributed by atoms with van der Waals surface area (Å²) in [7, 11) is 0. The van der Waals surface area contributed by atoms with Crippen molar-refractivity contribution in [2.45, 2.75) is 26.3 Å². The third-order valence-electron chi connectivity index (χ3n) is 2.59. The first-order valence-electron chi connectivity index (χ1n) is 6.01. The number of nitrogen functional groups attached to an aromatic ring is 1. The van der Waals surface area contributed by atoms with Gasteiger partial charge in [0.05, 0.1) is 6.33 Å². The number of thioether (sulfide) groups is 1. The number of imidazole rings is 1. The van der Waals surface area contributed by atoms with Gasteiger partial charge >= 0.3 is 0 Å². The highest BCUT2D eigenvalue weighted by molar-refractivity contribution is 7.99. The third-order valence-corrected chi connectivity index (χ3v) is 3.52. The predicted octanol–water partition coefficient (Wildman–Crippen LogP) is 1.88. The van der Waals surface area contributed by atoms with E-state index >= 15 is 0 Å². The normalized spacial score (nSPS) is 12.8. The van der Waals surface area contributed by atoms with E-state index in [0.717, 1.165) is 29.3 Å². The van der Waals surface area contributed by atoms with Crippen molar-refractivity contribution in [1.29, 1.82) is 0 Å². The molecule has 0 amide bonds. The monoisotopic (exact) mass is 266 g/mol. The number of rotatable bonds is 6. The van der Waals surface area contributed by atoms with E-state index in [2.05, 4.69) is 39.1 Å². The van der Waals surface area contributed by atoms with E-state index in [1.165, 1.54) is 0 Å². The van der Waals surface area contributed by atoms with Gasteiger partial charge in [-0.15, -0.1) is 0 Å². The first-order valence-corrected chi connectivity index (χ1v) is 7.17. The summed E-state index contributed by atoms with van der Waals surface area (Å²) < 4.78 is 0. The second-order valence-corrected chi connectivity index (χ2v) is 5.46. The van der Waals surface area contributed by atoms with Crippen LogP contribution in [-0.4, -0.2) is 37.5 Å². The number of H-pyrrole nitrogens is 1. The zero-order valence-corrected chi connectivity index (χ0v) is 11.4. The lowest BCUT2D eigenvalue weighted by molar-refractivity contribution is 0.767. The molecule has 0 spiro atoms. The van der Waals surface area contributed by atoms with Gasteiger partial charge < -0.3 is 16.0 Å². The second kappa shape index (κ2) is 5.90. The molecule has 1 atom stereocenters. The first kappa shape index (κ1) is 12.9. The Labute approximate surface area is 110 Å². The molecule has 0 aliphatic heterocycles. The van der Waals surface area contributed by atoms with E-state index in [0.29, 0.717) is 11.7 Å². The lowest BCUT2D eigenvalue weighted by Gasteiger charge is -2.14. The highest BCUT2D eigenvalue weighted by atomic mass is 32.2. The number of aromatic amines is 1. The van der Waals surface area contributed by atoms with E-state index < -0.39 is 0 Å². The summed E-state index contributed by atoms with van der Waals surface area (Å²) in [5.74, 6) is 3.26. The summed E-state index contributed by atoms with van der Waals surface area (Å²) in [4.78, 5) is 15.4. The molecule has 0 aliphatic rings. The van der Waals surface area contributed by atoms with Gasteiger partial charge in [-0.3, -0.25) is 0 Å². The van der Waals surface area contributed by atoms with Gasteiger partial charge in [0.15, 0.2) is 11.5 Å². The molecule has 2 aromatic heterocycles. The van der Waals surface area contributed by atoms with Crippen molar-refractivity contribution in [3.05, 3.63) is 6.33 Å². The molecule has 0 bridgehead atoms. The van der Waals surface area contributed by atoms with Crippen LogP contribution in [-0.2, 0) is 0 Å². The summed E-state index contributed by atoms with van der Waals surface area (Å²) >= 11 is 1.94. The molecule has 0 fully saturated rings. The third kappa shape index (κ3) is 3.04. The zero-order valence-electron chi connectivity index (χ0n) is 10.6. The maximum Gasteiger partial charge on any atom is 0.224 e. The molecule has 7 heteroatoms. The van der Waals surface area contributed by atoms with Crippen molar-refractivity contribution >= 4 is 34.7 Å². The molecule has 18 heavy (non-hydrogen) atoms. The molecule has 0 saturated heterocycles. The van der Waals surface area contributed by atoms with Gasteiger partial charge in [-0.25, -0.2) is 4.98 Å². The van der Waals surface area contributed by atoms with Crippen LogP contribution in [0.4, 0.5) is 11.8 Å². The lowest BCUT2D eigenvalue weighted by Crippen LogP contribution is -2.18. The Morgan fingerprint density at radius 1 is 1.50 bits per heavy atom. The molecule has 2 rings (SSSR count). The first-order chi connectivity index (χ1) is 8.70. The smallest absolute Gasteiger partial charge is 0.224 e. The quantitative estimate of drug-likeness (QED) is 0.691. The molecular weight excluding hydrogens is 248 g/mol. The molecule has 2 heterocycles. The molecule has 0 aliphatic carbocycles. The highest BCUT2D eigenvalue weighted by Gasteiger charge is 2.10. The second-order valence-electron chi connectivity index (χ2n) is 4.06. The maximum absolute atomic E-state index is 5.66.